The van der Waals surface area contributed by atoms with Crippen molar-refractivity contribution in [2.45, 2.75) is 19.2 Å². The van der Waals surface area contributed by atoms with Crippen molar-refractivity contribution in [2.24, 2.45) is 0 Å². The number of benzene rings is 1. The Morgan fingerprint density at radius 1 is 0.947 bits per heavy atom. The second-order valence-corrected chi connectivity index (χ2v) is 4.07. The van der Waals surface area contributed by atoms with E-state index in [0.29, 0.717) is 12.5 Å². The molecule has 0 aliphatic heterocycles. The number of ether oxygens (including phenoxy) is 1. The zero-order chi connectivity index (χ0) is 13.7. The Bertz CT molecular complexity index is 508. The van der Waals surface area contributed by atoms with E-state index in [4.69, 9.17) is 4.74 Å². The van der Waals surface area contributed by atoms with Crippen molar-refractivity contribution in [2.75, 3.05) is 0 Å². The van der Waals surface area contributed by atoms with Gasteiger partial charge in [0.2, 0.25) is 5.88 Å². The lowest BCUT2D eigenvalue weighted by Gasteiger charge is -2.08. The third-order valence-electron chi connectivity index (χ3n) is 2.43. The molecule has 1 heterocycles. The molecule has 0 amide bonds. The molecule has 2 rings (SSSR count). The van der Waals surface area contributed by atoms with E-state index < -0.39 is 12.6 Å². The van der Waals surface area contributed by atoms with Crippen molar-refractivity contribution in [3.63, 3.8) is 0 Å². The maximum atomic E-state index is 12.2. The summed E-state index contributed by atoms with van der Waals surface area (Å²) in [4.78, 5) is 3.86. The van der Waals surface area contributed by atoms with Gasteiger partial charge in [0.05, 0.1) is 6.42 Å². The second-order valence-electron chi connectivity index (χ2n) is 4.07. The van der Waals surface area contributed by atoms with Gasteiger partial charge in [-0.2, -0.15) is 13.2 Å². The van der Waals surface area contributed by atoms with Crippen molar-refractivity contribution in [3.8, 4) is 5.88 Å². The van der Waals surface area contributed by atoms with Gasteiger partial charge in [0.25, 0.3) is 0 Å². The van der Waals surface area contributed by atoms with E-state index in [1.54, 1.807) is 0 Å². The number of pyridine rings is 1. The van der Waals surface area contributed by atoms with Gasteiger partial charge in [-0.15, -0.1) is 0 Å². The number of halogens is 3. The number of aromatic nitrogens is 1. The monoisotopic (exact) mass is 267 g/mol. The highest BCUT2D eigenvalue weighted by atomic mass is 19.4. The molecule has 0 aliphatic rings. The summed E-state index contributed by atoms with van der Waals surface area (Å²) in [5.74, 6) is 0.315. The predicted octanol–water partition coefficient (Wildman–Crippen LogP) is 3.77. The lowest BCUT2D eigenvalue weighted by atomic mass is 10.2. The summed E-state index contributed by atoms with van der Waals surface area (Å²) in [6.45, 7) is 0.340. The molecule has 0 atom stereocenters. The third-order valence-corrected chi connectivity index (χ3v) is 2.43. The van der Waals surface area contributed by atoms with Crippen molar-refractivity contribution < 1.29 is 17.9 Å². The zero-order valence-corrected chi connectivity index (χ0v) is 10.0. The minimum atomic E-state index is -4.21. The highest BCUT2D eigenvalue weighted by Crippen LogP contribution is 2.21. The van der Waals surface area contributed by atoms with Gasteiger partial charge in [0.15, 0.2) is 0 Å². The fourth-order valence-corrected chi connectivity index (χ4v) is 1.56. The normalized spacial score (nSPS) is 11.3. The molecule has 0 radical (unpaired) electrons. The smallest absolute Gasteiger partial charge is 0.393 e. The van der Waals surface area contributed by atoms with Crippen LogP contribution in [-0.2, 0) is 13.0 Å². The van der Waals surface area contributed by atoms with Gasteiger partial charge >= 0.3 is 6.18 Å². The van der Waals surface area contributed by atoms with Gasteiger partial charge in [-0.3, -0.25) is 0 Å². The quantitative estimate of drug-likeness (QED) is 0.841. The Kier molecular flexibility index (Phi) is 4.04. The number of nitrogens with zero attached hydrogens (tertiary/aromatic N) is 1. The lowest BCUT2D eigenvalue weighted by Crippen LogP contribution is -2.11. The first-order chi connectivity index (χ1) is 9.03. The van der Waals surface area contributed by atoms with Crippen molar-refractivity contribution >= 4 is 0 Å². The molecule has 0 N–H and O–H groups in total. The number of hydrogen-bond acceptors (Lipinski definition) is 2. The Hall–Kier alpha value is -2.04. The fraction of sp³-hybridized carbons (Fsp3) is 0.214. The van der Waals surface area contributed by atoms with Crippen LogP contribution in [0.1, 0.15) is 11.1 Å². The Morgan fingerprint density at radius 2 is 1.68 bits per heavy atom. The predicted molar refractivity (Wildman–Crippen MR) is 64.8 cm³/mol. The van der Waals surface area contributed by atoms with Crippen LogP contribution >= 0.6 is 0 Å². The Balaban J connectivity index is 1.92. The van der Waals surface area contributed by atoms with Crippen LogP contribution in [0.2, 0.25) is 0 Å². The van der Waals surface area contributed by atoms with E-state index in [9.17, 15) is 13.2 Å². The molecule has 0 bridgehead atoms. The summed E-state index contributed by atoms with van der Waals surface area (Å²) in [5.41, 5.74) is 1.10. The molecule has 19 heavy (non-hydrogen) atoms. The molecular formula is C14H12F3NO. The van der Waals surface area contributed by atoms with Gasteiger partial charge < -0.3 is 4.74 Å². The lowest BCUT2D eigenvalue weighted by molar-refractivity contribution is -0.127. The van der Waals surface area contributed by atoms with E-state index in [0.717, 1.165) is 5.56 Å². The molecule has 1 aromatic carbocycles. The first-order valence-corrected chi connectivity index (χ1v) is 5.71. The van der Waals surface area contributed by atoms with Crippen molar-refractivity contribution in [1.82, 2.24) is 4.98 Å². The Labute approximate surface area is 108 Å². The van der Waals surface area contributed by atoms with Crippen LogP contribution in [0.15, 0.2) is 48.7 Å². The van der Waals surface area contributed by atoms with Crippen LogP contribution in [0.3, 0.4) is 0 Å². The van der Waals surface area contributed by atoms with E-state index in [1.807, 2.05) is 30.3 Å². The molecule has 2 nitrogen and oxygen atoms in total. The number of hydrogen-bond donors (Lipinski definition) is 0. The standard InChI is InChI=1S/C14H12F3NO/c15-14(16,17)8-12-6-7-13(18-9-12)19-10-11-4-2-1-3-5-11/h1-7,9H,8,10H2. The topological polar surface area (TPSA) is 22.1 Å². The molecule has 0 spiro atoms. The molecule has 0 fully saturated rings. The molecule has 0 aliphatic carbocycles. The molecule has 5 heteroatoms. The van der Waals surface area contributed by atoms with E-state index >= 15 is 0 Å². The first-order valence-electron chi connectivity index (χ1n) is 5.71. The summed E-state index contributed by atoms with van der Waals surface area (Å²) >= 11 is 0. The molecular weight excluding hydrogens is 255 g/mol. The van der Waals surface area contributed by atoms with Crippen LogP contribution in [0.25, 0.3) is 0 Å². The maximum absolute atomic E-state index is 12.2. The van der Waals surface area contributed by atoms with E-state index in [2.05, 4.69) is 4.98 Å². The second kappa shape index (κ2) is 5.73. The summed E-state index contributed by atoms with van der Waals surface area (Å²) in [6.07, 6.45) is -4.00. The molecule has 2 aromatic rings. The third kappa shape index (κ3) is 4.62. The summed E-state index contributed by atoms with van der Waals surface area (Å²) < 4.78 is 41.8. The minimum absolute atomic E-state index is 0.125. The number of alkyl halides is 3. The molecule has 0 saturated carbocycles. The summed E-state index contributed by atoms with van der Waals surface area (Å²) in [5, 5.41) is 0. The highest BCUT2D eigenvalue weighted by molar-refractivity contribution is 5.20. The maximum Gasteiger partial charge on any atom is 0.393 e. The van der Waals surface area contributed by atoms with Gasteiger partial charge in [0.1, 0.15) is 6.61 Å². The summed E-state index contributed by atoms with van der Waals surface area (Å²) in [6, 6.07) is 12.3. The van der Waals surface area contributed by atoms with Gasteiger partial charge in [-0.05, 0) is 11.1 Å². The molecule has 1 aromatic heterocycles. The van der Waals surface area contributed by atoms with E-state index in [-0.39, 0.29) is 5.56 Å². The molecule has 0 unspecified atom stereocenters. The first kappa shape index (κ1) is 13.4. The van der Waals surface area contributed by atoms with Crippen LogP contribution in [0.4, 0.5) is 13.2 Å². The highest BCUT2D eigenvalue weighted by Gasteiger charge is 2.27. The minimum Gasteiger partial charge on any atom is -0.473 e. The zero-order valence-electron chi connectivity index (χ0n) is 10.0. The van der Waals surface area contributed by atoms with Crippen molar-refractivity contribution in [3.05, 3.63) is 59.8 Å². The average Bonchev–Trinajstić information content (AvgIpc) is 2.37. The molecule has 0 saturated heterocycles. The van der Waals surface area contributed by atoms with Crippen LogP contribution in [0.5, 0.6) is 5.88 Å². The summed E-state index contributed by atoms with van der Waals surface area (Å²) in [7, 11) is 0. The average molecular weight is 267 g/mol. The van der Waals surface area contributed by atoms with Crippen LogP contribution in [-0.4, -0.2) is 11.2 Å². The van der Waals surface area contributed by atoms with Gasteiger partial charge in [0, 0.05) is 12.3 Å². The molecule has 100 valence electrons. The SMILES string of the molecule is FC(F)(F)Cc1ccc(OCc2ccccc2)nc1. The Morgan fingerprint density at radius 3 is 2.26 bits per heavy atom. The van der Waals surface area contributed by atoms with Crippen LogP contribution in [0, 0.1) is 0 Å². The largest absolute Gasteiger partial charge is 0.473 e. The van der Waals surface area contributed by atoms with Crippen molar-refractivity contribution in [1.29, 1.82) is 0 Å². The van der Waals surface area contributed by atoms with E-state index in [1.165, 1.54) is 18.3 Å². The van der Waals surface area contributed by atoms with Crippen LogP contribution < -0.4 is 4.74 Å². The van der Waals surface area contributed by atoms with Gasteiger partial charge in [-0.25, -0.2) is 4.98 Å². The number of rotatable bonds is 4. The van der Waals surface area contributed by atoms with Gasteiger partial charge in [-0.1, -0.05) is 36.4 Å². The fourth-order valence-electron chi connectivity index (χ4n) is 1.56.